The molecule has 0 aliphatic heterocycles. The van der Waals surface area contributed by atoms with Crippen molar-refractivity contribution >= 4 is 10.9 Å². The highest BCUT2D eigenvalue weighted by molar-refractivity contribution is 5.81. The molecule has 1 heterocycles. The minimum absolute atomic E-state index is 0.141. The number of aromatic nitrogens is 2. The quantitative estimate of drug-likeness (QED) is 0.781. The molecule has 19 heavy (non-hydrogen) atoms. The van der Waals surface area contributed by atoms with Gasteiger partial charge in [0.25, 0.3) is 0 Å². The van der Waals surface area contributed by atoms with Gasteiger partial charge < -0.3 is 9.84 Å². The van der Waals surface area contributed by atoms with Crippen LogP contribution in [0.5, 0.6) is 11.5 Å². The van der Waals surface area contributed by atoms with Gasteiger partial charge in [0.1, 0.15) is 12.3 Å². The first kappa shape index (κ1) is 11.6. The maximum absolute atomic E-state index is 9.66. The van der Waals surface area contributed by atoms with Crippen molar-refractivity contribution in [3.8, 4) is 11.5 Å². The molecule has 3 rings (SSSR count). The highest BCUT2D eigenvalue weighted by Gasteiger charge is 2.09. The van der Waals surface area contributed by atoms with Crippen LogP contribution in [0.1, 0.15) is 5.69 Å². The maximum Gasteiger partial charge on any atom is 0.161 e. The fourth-order valence-corrected chi connectivity index (χ4v) is 2.12. The highest BCUT2D eigenvalue weighted by Crippen LogP contribution is 2.26. The van der Waals surface area contributed by atoms with E-state index >= 15 is 0 Å². The average molecular weight is 254 g/mol. The minimum atomic E-state index is 0.141. The summed E-state index contributed by atoms with van der Waals surface area (Å²) in [6.07, 6.45) is 0. The van der Waals surface area contributed by atoms with Crippen molar-refractivity contribution in [3.63, 3.8) is 0 Å². The molecular weight excluding hydrogens is 240 g/mol. The maximum atomic E-state index is 9.66. The molecular formula is C15H14N2O2. The molecule has 4 nitrogen and oxygen atoms in total. The van der Waals surface area contributed by atoms with Gasteiger partial charge in [0.05, 0.1) is 5.52 Å². The van der Waals surface area contributed by atoms with E-state index < -0.39 is 0 Å². The van der Waals surface area contributed by atoms with E-state index in [0.717, 1.165) is 16.6 Å². The Hall–Kier alpha value is -2.49. The second kappa shape index (κ2) is 4.65. The van der Waals surface area contributed by atoms with Crippen LogP contribution in [-0.2, 0) is 13.7 Å². The summed E-state index contributed by atoms with van der Waals surface area (Å²) in [5.74, 6) is 0.611. The van der Waals surface area contributed by atoms with Gasteiger partial charge in [0.2, 0.25) is 0 Å². The molecule has 0 saturated carbocycles. The van der Waals surface area contributed by atoms with Crippen LogP contribution in [0.3, 0.4) is 0 Å². The minimum Gasteiger partial charge on any atom is -0.504 e. The molecule has 0 atom stereocenters. The number of phenols is 1. The summed E-state index contributed by atoms with van der Waals surface area (Å²) in [5, 5.41) is 15.2. The van der Waals surface area contributed by atoms with Crippen molar-refractivity contribution in [2.75, 3.05) is 0 Å². The lowest BCUT2D eigenvalue weighted by Gasteiger charge is -2.05. The predicted molar refractivity (Wildman–Crippen MR) is 73.2 cm³/mol. The third-order valence-corrected chi connectivity index (χ3v) is 3.06. The molecule has 0 spiro atoms. The number of para-hydroxylation sites is 3. The summed E-state index contributed by atoms with van der Waals surface area (Å²) in [7, 11) is 1.91. The normalized spacial score (nSPS) is 10.8. The van der Waals surface area contributed by atoms with E-state index in [1.807, 2.05) is 42.1 Å². The van der Waals surface area contributed by atoms with Crippen LogP contribution in [0, 0.1) is 0 Å². The SMILES string of the molecule is Cn1nc(COc2ccccc2O)c2ccccc21. The molecule has 1 N–H and O–H groups in total. The van der Waals surface area contributed by atoms with E-state index in [1.54, 1.807) is 18.2 Å². The third-order valence-electron chi connectivity index (χ3n) is 3.06. The van der Waals surface area contributed by atoms with Gasteiger partial charge in [-0.15, -0.1) is 0 Å². The van der Waals surface area contributed by atoms with Gasteiger partial charge in [-0.2, -0.15) is 5.10 Å². The Morgan fingerprint density at radius 2 is 1.84 bits per heavy atom. The number of phenolic OH excluding ortho intramolecular Hbond substituents is 1. The standard InChI is InChI=1S/C15H14N2O2/c1-17-13-7-3-2-6-11(13)12(16-17)10-19-15-9-5-4-8-14(15)18/h2-9,18H,10H2,1H3. The Morgan fingerprint density at radius 1 is 1.11 bits per heavy atom. The Balaban J connectivity index is 1.88. The molecule has 0 aliphatic carbocycles. The van der Waals surface area contributed by atoms with Crippen molar-refractivity contribution in [1.82, 2.24) is 9.78 Å². The molecule has 4 heteroatoms. The fraction of sp³-hybridized carbons (Fsp3) is 0.133. The van der Waals surface area contributed by atoms with Crippen LogP contribution < -0.4 is 4.74 Å². The summed E-state index contributed by atoms with van der Waals surface area (Å²) in [5.41, 5.74) is 1.93. The summed E-state index contributed by atoms with van der Waals surface area (Å²) in [6.45, 7) is 0.332. The number of hydrogen-bond donors (Lipinski definition) is 1. The van der Waals surface area contributed by atoms with Crippen LogP contribution in [0.4, 0.5) is 0 Å². The van der Waals surface area contributed by atoms with E-state index in [-0.39, 0.29) is 5.75 Å². The second-order valence-electron chi connectivity index (χ2n) is 4.34. The summed E-state index contributed by atoms with van der Waals surface area (Å²) >= 11 is 0. The van der Waals surface area contributed by atoms with Crippen molar-refractivity contribution in [3.05, 3.63) is 54.2 Å². The molecule has 96 valence electrons. The van der Waals surface area contributed by atoms with Crippen LogP contribution in [0.2, 0.25) is 0 Å². The van der Waals surface area contributed by atoms with Gasteiger partial charge in [-0.25, -0.2) is 0 Å². The summed E-state index contributed by atoms with van der Waals surface area (Å²) < 4.78 is 7.45. The van der Waals surface area contributed by atoms with Gasteiger partial charge >= 0.3 is 0 Å². The molecule has 0 amide bonds. The highest BCUT2D eigenvalue weighted by atomic mass is 16.5. The van der Waals surface area contributed by atoms with E-state index in [2.05, 4.69) is 5.10 Å². The first-order valence-corrected chi connectivity index (χ1v) is 6.07. The molecule has 0 radical (unpaired) electrons. The summed E-state index contributed by atoms with van der Waals surface area (Å²) in [6, 6.07) is 14.9. The Morgan fingerprint density at radius 3 is 2.68 bits per heavy atom. The number of rotatable bonds is 3. The second-order valence-corrected chi connectivity index (χ2v) is 4.34. The number of nitrogens with zero attached hydrogens (tertiary/aromatic N) is 2. The number of hydrogen-bond acceptors (Lipinski definition) is 3. The molecule has 0 unspecified atom stereocenters. The topological polar surface area (TPSA) is 47.3 Å². The van der Waals surface area contributed by atoms with Crippen LogP contribution >= 0.6 is 0 Å². The van der Waals surface area contributed by atoms with Gasteiger partial charge in [-0.1, -0.05) is 30.3 Å². The number of aryl methyl sites for hydroxylation is 1. The van der Waals surface area contributed by atoms with Gasteiger partial charge in [0, 0.05) is 12.4 Å². The molecule has 0 aliphatic rings. The van der Waals surface area contributed by atoms with Crippen LogP contribution in [0.25, 0.3) is 10.9 Å². The largest absolute Gasteiger partial charge is 0.504 e. The first-order chi connectivity index (χ1) is 9.25. The molecule has 0 fully saturated rings. The number of ether oxygens (including phenoxy) is 1. The van der Waals surface area contributed by atoms with Gasteiger partial charge in [-0.05, 0) is 18.2 Å². The molecule has 3 aromatic rings. The summed E-state index contributed by atoms with van der Waals surface area (Å²) in [4.78, 5) is 0. The smallest absolute Gasteiger partial charge is 0.161 e. The molecule has 1 aromatic heterocycles. The Labute approximate surface area is 110 Å². The van der Waals surface area contributed by atoms with Crippen molar-refractivity contribution in [2.45, 2.75) is 6.61 Å². The van der Waals surface area contributed by atoms with Gasteiger partial charge in [0.15, 0.2) is 11.5 Å². The fourth-order valence-electron chi connectivity index (χ4n) is 2.12. The van der Waals surface area contributed by atoms with E-state index in [0.29, 0.717) is 12.4 Å². The first-order valence-electron chi connectivity index (χ1n) is 6.07. The molecule has 0 saturated heterocycles. The lowest BCUT2D eigenvalue weighted by molar-refractivity contribution is 0.285. The zero-order valence-corrected chi connectivity index (χ0v) is 10.6. The zero-order valence-electron chi connectivity index (χ0n) is 10.6. The van der Waals surface area contributed by atoms with E-state index in [9.17, 15) is 5.11 Å². The molecule has 0 bridgehead atoms. The average Bonchev–Trinajstić information content (AvgIpc) is 2.75. The van der Waals surface area contributed by atoms with Gasteiger partial charge in [-0.3, -0.25) is 4.68 Å². The predicted octanol–water partition coefficient (Wildman–Crippen LogP) is 2.86. The monoisotopic (exact) mass is 254 g/mol. The van der Waals surface area contributed by atoms with Crippen molar-refractivity contribution in [1.29, 1.82) is 0 Å². The Bertz CT molecular complexity index is 719. The van der Waals surface area contributed by atoms with Crippen molar-refractivity contribution in [2.24, 2.45) is 7.05 Å². The lowest BCUT2D eigenvalue weighted by atomic mass is 10.2. The third kappa shape index (κ3) is 2.12. The Kier molecular flexibility index (Phi) is 2.83. The molecule has 2 aromatic carbocycles. The number of benzene rings is 2. The van der Waals surface area contributed by atoms with Crippen LogP contribution in [0.15, 0.2) is 48.5 Å². The number of fused-ring (bicyclic) bond motifs is 1. The van der Waals surface area contributed by atoms with Crippen molar-refractivity contribution < 1.29 is 9.84 Å². The zero-order chi connectivity index (χ0) is 13.2. The number of aromatic hydroxyl groups is 1. The van der Waals surface area contributed by atoms with E-state index in [1.165, 1.54) is 0 Å². The lowest BCUT2D eigenvalue weighted by Crippen LogP contribution is -1.98. The van der Waals surface area contributed by atoms with E-state index in [4.69, 9.17) is 4.74 Å². The van der Waals surface area contributed by atoms with Crippen LogP contribution in [-0.4, -0.2) is 14.9 Å².